The summed E-state index contributed by atoms with van der Waals surface area (Å²) in [5, 5.41) is 2.95. The third-order valence-electron chi connectivity index (χ3n) is 3.40. The summed E-state index contributed by atoms with van der Waals surface area (Å²) in [4.78, 5) is 14.4. The molecule has 2 rings (SSSR count). The van der Waals surface area contributed by atoms with Crippen molar-refractivity contribution in [1.29, 1.82) is 0 Å². The fourth-order valence-electron chi connectivity index (χ4n) is 2.62. The number of benzene rings is 1. The molecule has 0 aromatic heterocycles. The Morgan fingerprint density at radius 2 is 2.00 bits per heavy atom. The van der Waals surface area contributed by atoms with E-state index in [-0.39, 0.29) is 11.9 Å². The number of carbonyl (C=O) groups is 1. The summed E-state index contributed by atoms with van der Waals surface area (Å²) in [5.41, 5.74) is 1.21. The predicted molar refractivity (Wildman–Crippen MR) is 73.3 cm³/mol. The van der Waals surface area contributed by atoms with E-state index in [1.54, 1.807) is 7.11 Å². The number of hydrogen-bond acceptors (Lipinski definition) is 3. The largest absolute Gasteiger partial charge is 0.494 e. The van der Waals surface area contributed by atoms with Gasteiger partial charge in [-0.15, -0.1) is 0 Å². The van der Waals surface area contributed by atoms with Crippen LogP contribution in [0.15, 0.2) is 18.2 Å². The molecule has 0 spiro atoms. The van der Waals surface area contributed by atoms with Crippen LogP contribution in [-0.2, 0) is 4.79 Å². The van der Waals surface area contributed by atoms with Crippen molar-refractivity contribution in [2.45, 2.75) is 39.3 Å². The van der Waals surface area contributed by atoms with Crippen LogP contribution in [0.3, 0.4) is 0 Å². The molecule has 0 unspecified atom stereocenters. The third-order valence-corrected chi connectivity index (χ3v) is 3.40. The maximum atomic E-state index is 12.3. The second kappa shape index (κ2) is 4.19. The Morgan fingerprint density at radius 3 is 2.56 bits per heavy atom. The van der Waals surface area contributed by atoms with Gasteiger partial charge in [-0.3, -0.25) is 4.79 Å². The lowest BCUT2D eigenvalue weighted by molar-refractivity contribution is -0.120. The maximum Gasteiger partial charge on any atom is 0.249 e. The van der Waals surface area contributed by atoms with Crippen molar-refractivity contribution in [2.24, 2.45) is 0 Å². The lowest BCUT2D eigenvalue weighted by atomic mass is 9.94. The molecule has 1 heterocycles. The van der Waals surface area contributed by atoms with Gasteiger partial charge in [0.25, 0.3) is 0 Å². The summed E-state index contributed by atoms with van der Waals surface area (Å²) in [6.07, 6.45) is 0. The molecule has 0 radical (unpaired) electrons. The van der Waals surface area contributed by atoms with E-state index in [1.165, 1.54) is 0 Å². The first-order valence-electron chi connectivity index (χ1n) is 6.17. The molecule has 0 aliphatic carbocycles. The van der Waals surface area contributed by atoms with Gasteiger partial charge in [0.05, 0.1) is 12.8 Å². The molecule has 18 heavy (non-hydrogen) atoms. The topological polar surface area (TPSA) is 41.6 Å². The van der Waals surface area contributed by atoms with Gasteiger partial charge >= 0.3 is 0 Å². The van der Waals surface area contributed by atoms with Crippen LogP contribution in [0.25, 0.3) is 0 Å². The summed E-state index contributed by atoms with van der Waals surface area (Å²) >= 11 is 0. The average molecular weight is 248 g/mol. The van der Waals surface area contributed by atoms with Gasteiger partial charge in [0.1, 0.15) is 17.0 Å². The van der Waals surface area contributed by atoms with E-state index >= 15 is 0 Å². The third kappa shape index (κ3) is 1.72. The standard InChI is InChI=1S/C14H20N2O2/c1-9(2)16-10-7-6-8-11(18-5)12(10)15-13(17)14(16,3)4/h6-9H,1-5H3,(H,15,17). The minimum absolute atomic E-state index is 0.00630. The monoisotopic (exact) mass is 248 g/mol. The molecule has 1 aromatic rings. The van der Waals surface area contributed by atoms with E-state index in [9.17, 15) is 4.79 Å². The summed E-state index contributed by atoms with van der Waals surface area (Å²) in [6, 6.07) is 6.05. The highest BCUT2D eigenvalue weighted by Gasteiger charge is 2.42. The lowest BCUT2D eigenvalue weighted by Gasteiger charge is -2.46. The van der Waals surface area contributed by atoms with Gasteiger partial charge < -0.3 is 15.0 Å². The SMILES string of the molecule is COc1cccc2c1NC(=O)C(C)(C)N2C(C)C. The van der Waals surface area contributed by atoms with Gasteiger partial charge in [-0.2, -0.15) is 0 Å². The second-order valence-corrected chi connectivity index (χ2v) is 5.33. The van der Waals surface area contributed by atoms with E-state index in [0.29, 0.717) is 5.75 Å². The van der Waals surface area contributed by atoms with Crippen molar-refractivity contribution in [1.82, 2.24) is 0 Å². The Labute approximate surface area is 108 Å². The molecule has 1 aromatic carbocycles. The quantitative estimate of drug-likeness (QED) is 0.874. The van der Waals surface area contributed by atoms with Crippen LogP contribution >= 0.6 is 0 Å². The number of rotatable bonds is 2. The number of fused-ring (bicyclic) bond motifs is 1. The van der Waals surface area contributed by atoms with Crippen molar-refractivity contribution in [2.75, 3.05) is 17.3 Å². The number of ether oxygens (including phenoxy) is 1. The molecular formula is C14H20N2O2. The van der Waals surface area contributed by atoms with Crippen LogP contribution < -0.4 is 15.0 Å². The van der Waals surface area contributed by atoms with Crippen molar-refractivity contribution < 1.29 is 9.53 Å². The zero-order valence-electron chi connectivity index (χ0n) is 11.6. The highest BCUT2D eigenvalue weighted by atomic mass is 16.5. The predicted octanol–water partition coefficient (Wildman–Crippen LogP) is 2.64. The summed E-state index contributed by atoms with van der Waals surface area (Å²) in [7, 11) is 1.61. The molecule has 0 saturated carbocycles. The smallest absolute Gasteiger partial charge is 0.249 e. The average Bonchev–Trinajstić information content (AvgIpc) is 2.29. The van der Waals surface area contributed by atoms with Crippen LogP contribution in [0, 0.1) is 0 Å². The molecule has 4 heteroatoms. The Morgan fingerprint density at radius 1 is 1.33 bits per heavy atom. The molecule has 1 aliphatic heterocycles. The molecule has 1 amide bonds. The first kappa shape index (κ1) is 12.7. The number of para-hydroxylation sites is 1. The highest BCUT2D eigenvalue weighted by Crippen LogP contribution is 2.43. The Balaban J connectivity index is 2.64. The van der Waals surface area contributed by atoms with Crippen LogP contribution in [0.1, 0.15) is 27.7 Å². The second-order valence-electron chi connectivity index (χ2n) is 5.33. The van der Waals surface area contributed by atoms with Crippen LogP contribution in [-0.4, -0.2) is 24.6 Å². The van der Waals surface area contributed by atoms with Gasteiger partial charge in [0, 0.05) is 6.04 Å². The van der Waals surface area contributed by atoms with Gasteiger partial charge in [-0.05, 0) is 39.8 Å². The summed E-state index contributed by atoms with van der Waals surface area (Å²) in [6.45, 7) is 8.04. The number of hydrogen-bond donors (Lipinski definition) is 1. The van der Waals surface area contributed by atoms with Gasteiger partial charge in [-0.1, -0.05) is 6.07 Å². The molecule has 0 saturated heterocycles. The number of nitrogens with zero attached hydrogens (tertiary/aromatic N) is 1. The molecule has 1 N–H and O–H groups in total. The van der Waals surface area contributed by atoms with Crippen molar-refractivity contribution in [3.05, 3.63) is 18.2 Å². The Hall–Kier alpha value is -1.71. The summed E-state index contributed by atoms with van der Waals surface area (Å²) < 4.78 is 5.32. The molecule has 4 nitrogen and oxygen atoms in total. The minimum atomic E-state index is -0.562. The van der Waals surface area contributed by atoms with Crippen molar-refractivity contribution in [3.63, 3.8) is 0 Å². The number of anilines is 2. The number of carbonyl (C=O) groups excluding carboxylic acids is 1. The van der Waals surface area contributed by atoms with E-state index in [1.807, 2.05) is 32.0 Å². The zero-order valence-corrected chi connectivity index (χ0v) is 11.6. The fraction of sp³-hybridized carbons (Fsp3) is 0.500. The van der Waals surface area contributed by atoms with Crippen molar-refractivity contribution in [3.8, 4) is 5.75 Å². The van der Waals surface area contributed by atoms with E-state index in [2.05, 4.69) is 24.1 Å². The van der Waals surface area contributed by atoms with Gasteiger partial charge in [-0.25, -0.2) is 0 Å². The van der Waals surface area contributed by atoms with E-state index < -0.39 is 5.54 Å². The number of methoxy groups -OCH3 is 1. The Kier molecular flexibility index (Phi) is 2.97. The number of nitrogens with one attached hydrogen (secondary N) is 1. The lowest BCUT2D eigenvalue weighted by Crippen LogP contribution is -2.58. The number of amides is 1. The van der Waals surface area contributed by atoms with Crippen LogP contribution in [0.5, 0.6) is 5.75 Å². The van der Waals surface area contributed by atoms with Crippen LogP contribution in [0.4, 0.5) is 11.4 Å². The maximum absolute atomic E-state index is 12.3. The molecule has 0 bridgehead atoms. The van der Waals surface area contributed by atoms with Gasteiger partial charge in [0.15, 0.2) is 0 Å². The zero-order chi connectivity index (χ0) is 13.5. The van der Waals surface area contributed by atoms with Crippen molar-refractivity contribution >= 4 is 17.3 Å². The fourth-order valence-corrected chi connectivity index (χ4v) is 2.62. The molecular weight excluding hydrogens is 228 g/mol. The highest BCUT2D eigenvalue weighted by molar-refractivity contribution is 6.07. The first-order valence-corrected chi connectivity index (χ1v) is 6.17. The molecule has 1 aliphatic rings. The molecule has 98 valence electrons. The molecule has 0 atom stereocenters. The summed E-state index contributed by atoms with van der Waals surface area (Å²) in [5.74, 6) is 0.690. The normalized spacial score (nSPS) is 17.4. The Bertz CT molecular complexity index is 481. The van der Waals surface area contributed by atoms with Gasteiger partial charge in [0.2, 0.25) is 5.91 Å². The van der Waals surface area contributed by atoms with Crippen LogP contribution in [0.2, 0.25) is 0 Å². The first-order chi connectivity index (χ1) is 8.39. The minimum Gasteiger partial charge on any atom is -0.494 e. The van der Waals surface area contributed by atoms with E-state index in [4.69, 9.17) is 4.74 Å². The molecule has 0 fully saturated rings. The van der Waals surface area contributed by atoms with E-state index in [0.717, 1.165) is 11.4 Å².